The van der Waals surface area contributed by atoms with Gasteiger partial charge in [-0.05, 0) is 40.3 Å². The number of rotatable bonds is 2. The zero-order chi connectivity index (χ0) is 8.97. The third-order valence-corrected chi connectivity index (χ3v) is 2.53. The Morgan fingerprint density at radius 1 is 1.25 bits per heavy atom. The van der Waals surface area contributed by atoms with Crippen molar-refractivity contribution in [3.63, 3.8) is 0 Å². The van der Waals surface area contributed by atoms with E-state index in [0.29, 0.717) is 6.42 Å². The van der Waals surface area contributed by atoms with E-state index < -0.39 is 10.3 Å². The first-order chi connectivity index (χ1) is 5.68. The fourth-order valence-corrected chi connectivity index (χ4v) is 1.47. The Balaban J connectivity index is 2.78. The lowest BCUT2D eigenvalue weighted by Crippen LogP contribution is -1.86. The summed E-state index contributed by atoms with van der Waals surface area (Å²) in [6.07, 6.45) is 0.479. The van der Waals surface area contributed by atoms with E-state index >= 15 is 0 Å². The molecule has 1 aromatic rings. The molecule has 2 nitrogen and oxygen atoms in total. The van der Waals surface area contributed by atoms with Crippen LogP contribution in [0.25, 0.3) is 0 Å². The van der Waals surface area contributed by atoms with Crippen molar-refractivity contribution in [1.29, 1.82) is 0 Å². The Bertz CT molecular complexity index is 370. The van der Waals surface area contributed by atoms with Gasteiger partial charge in [-0.3, -0.25) is 0 Å². The molecule has 0 aliphatic carbocycles. The second-order valence-corrected chi connectivity index (χ2v) is 4.36. The molecule has 0 saturated carbocycles. The molecule has 0 atom stereocenters. The van der Waals surface area contributed by atoms with E-state index in [1.807, 2.05) is 24.3 Å². The number of benzene rings is 1. The summed E-state index contributed by atoms with van der Waals surface area (Å²) < 4.78 is 21.5. The Morgan fingerprint density at radius 3 is 2.33 bits per heavy atom. The Labute approximate surface area is 86.3 Å². The highest BCUT2D eigenvalue weighted by Crippen LogP contribution is 2.06. The minimum absolute atomic E-state index is 0.479. The lowest BCUT2D eigenvalue weighted by Gasteiger charge is -1.93. The van der Waals surface area contributed by atoms with Gasteiger partial charge in [0.25, 0.3) is 0 Å². The number of halogens is 1. The SMILES string of the molecule is O=S(=O)=CCc1ccc(I)cc1. The van der Waals surface area contributed by atoms with Crippen molar-refractivity contribution in [2.75, 3.05) is 0 Å². The molecule has 0 unspecified atom stereocenters. The lowest BCUT2D eigenvalue weighted by molar-refractivity contribution is 0.627. The van der Waals surface area contributed by atoms with Crippen molar-refractivity contribution in [2.45, 2.75) is 6.42 Å². The van der Waals surface area contributed by atoms with Crippen molar-refractivity contribution in [1.82, 2.24) is 0 Å². The smallest absolute Gasteiger partial charge is 0.185 e. The fourth-order valence-electron chi connectivity index (χ4n) is 0.785. The molecular weight excluding hydrogens is 287 g/mol. The molecule has 0 aliphatic heterocycles. The average molecular weight is 294 g/mol. The van der Waals surface area contributed by atoms with Gasteiger partial charge in [0.05, 0.1) is 0 Å². The second kappa shape index (κ2) is 4.61. The highest BCUT2D eigenvalue weighted by atomic mass is 127. The first-order valence-electron chi connectivity index (χ1n) is 3.34. The topological polar surface area (TPSA) is 34.1 Å². The summed E-state index contributed by atoms with van der Waals surface area (Å²) in [4.78, 5) is 0. The maximum Gasteiger partial charge on any atom is 0.210 e. The van der Waals surface area contributed by atoms with E-state index in [0.717, 1.165) is 9.13 Å². The molecule has 0 aliphatic rings. The van der Waals surface area contributed by atoms with Crippen molar-refractivity contribution in [3.05, 3.63) is 33.4 Å². The highest BCUT2D eigenvalue weighted by Gasteiger charge is 1.89. The molecule has 64 valence electrons. The monoisotopic (exact) mass is 294 g/mol. The Morgan fingerprint density at radius 2 is 1.83 bits per heavy atom. The highest BCUT2D eigenvalue weighted by molar-refractivity contribution is 14.1. The van der Waals surface area contributed by atoms with Gasteiger partial charge in [-0.15, -0.1) is 0 Å². The largest absolute Gasteiger partial charge is 0.210 e. The molecule has 0 heterocycles. The van der Waals surface area contributed by atoms with Gasteiger partial charge in [0, 0.05) is 15.4 Å². The molecule has 0 N–H and O–H groups in total. The predicted molar refractivity (Wildman–Crippen MR) is 57.8 cm³/mol. The quantitative estimate of drug-likeness (QED) is 0.612. The molecule has 1 rings (SSSR count). The van der Waals surface area contributed by atoms with Gasteiger partial charge in [-0.1, -0.05) is 12.1 Å². The zero-order valence-corrected chi connectivity index (χ0v) is 9.17. The molecule has 0 amide bonds. The van der Waals surface area contributed by atoms with E-state index in [9.17, 15) is 8.42 Å². The molecule has 0 fully saturated rings. The van der Waals surface area contributed by atoms with Crippen molar-refractivity contribution < 1.29 is 8.42 Å². The molecule has 12 heavy (non-hydrogen) atoms. The average Bonchev–Trinajstić information content (AvgIpc) is 2.03. The van der Waals surface area contributed by atoms with Gasteiger partial charge in [-0.2, -0.15) is 8.42 Å². The molecule has 4 heteroatoms. The summed E-state index contributed by atoms with van der Waals surface area (Å²) in [6.45, 7) is 0. The third kappa shape index (κ3) is 3.36. The van der Waals surface area contributed by atoms with Gasteiger partial charge >= 0.3 is 0 Å². The van der Waals surface area contributed by atoms with E-state index in [4.69, 9.17) is 0 Å². The summed E-state index contributed by atoms with van der Waals surface area (Å²) in [5.74, 6) is 0. The standard InChI is InChI=1S/C8H7IO2S/c9-8-3-1-7(2-4-8)5-6-12(10)11/h1-4,6H,5H2. The van der Waals surface area contributed by atoms with E-state index in [-0.39, 0.29) is 0 Å². The first-order valence-corrected chi connectivity index (χ1v) is 5.56. The minimum atomic E-state index is -2.05. The summed E-state index contributed by atoms with van der Waals surface area (Å²) in [5.41, 5.74) is 1.01. The van der Waals surface area contributed by atoms with E-state index in [1.54, 1.807) is 0 Å². The molecule has 0 bridgehead atoms. The van der Waals surface area contributed by atoms with Gasteiger partial charge < -0.3 is 0 Å². The molecule has 0 radical (unpaired) electrons. The normalized spacial score (nSPS) is 9.42. The van der Waals surface area contributed by atoms with Crippen LogP contribution in [0.2, 0.25) is 0 Å². The van der Waals surface area contributed by atoms with Crippen LogP contribution in [0.15, 0.2) is 24.3 Å². The summed E-state index contributed by atoms with van der Waals surface area (Å²) in [6, 6.07) is 7.76. The third-order valence-electron chi connectivity index (χ3n) is 1.37. The first kappa shape index (κ1) is 9.73. The Hall–Kier alpha value is -0.360. The van der Waals surface area contributed by atoms with Crippen LogP contribution in [0.5, 0.6) is 0 Å². The van der Waals surface area contributed by atoms with Crippen molar-refractivity contribution in [2.24, 2.45) is 0 Å². The Kier molecular flexibility index (Phi) is 3.74. The van der Waals surface area contributed by atoms with Gasteiger partial charge in [0.15, 0.2) is 0 Å². The summed E-state index contributed by atoms with van der Waals surface area (Å²) in [5, 5.41) is 1.25. The lowest BCUT2D eigenvalue weighted by atomic mass is 10.2. The molecular formula is C8H7IO2S. The molecule has 0 saturated heterocycles. The summed E-state index contributed by atoms with van der Waals surface area (Å²) in [7, 11) is -2.05. The van der Waals surface area contributed by atoms with E-state index in [1.165, 1.54) is 5.37 Å². The van der Waals surface area contributed by atoms with Crippen LogP contribution < -0.4 is 0 Å². The van der Waals surface area contributed by atoms with Crippen LogP contribution in [0.4, 0.5) is 0 Å². The zero-order valence-electron chi connectivity index (χ0n) is 6.20. The van der Waals surface area contributed by atoms with Crippen LogP contribution >= 0.6 is 22.6 Å². The molecule has 0 aromatic heterocycles. The minimum Gasteiger partial charge on any atom is -0.185 e. The maximum atomic E-state index is 10.2. The van der Waals surface area contributed by atoms with E-state index in [2.05, 4.69) is 22.6 Å². The van der Waals surface area contributed by atoms with Crippen LogP contribution in [-0.2, 0) is 16.7 Å². The fraction of sp³-hybridized carbons (Fsp3) is 0.125. The predicted octanol–water partition coefficient (Wildman–Crippen LogP) is 1.52. The summed E-state index contributed by atoms with van der Waals surface area (Å²) >= 11 is 2.21. The van der Waals surface area contributed by atoms with Crippen LogP contribution in [0.3, 0.4) is 0 Å². The van der Waals surface area contributed by atoms with Crippen LogP contribution in [0.1, 0.15) is 5.56 Å². The molecule has 0 spiro atoms. The van der Waals surface area contributed by atoms with Gasteiger partial charge in [0.1, 0.15) is 0 Å². The molecule has 1 aromatic carbocycles. The number of hydrogen-bond donors (Lipinski definition) is 0. The van der Waals surface area contributed by atoms with Crippen LogP contribution in [0, 0.1) is 3.57 Å². The van der Waals surface area contributed by atoms with Crippen LogP contribution in [-0.4, -0.2) is 13.8 Å². The second-order valence-electron chi connectivity index (χ2n) is 2.26. The van der Waals surface area contributed by atoms with Crippen molar-refractivity contribution in [3.8, 4) is 0 Å². The van der Waals surface area contributed by atoms with Crippen molar-refractivity contribution >= 4 is 38.3 Å². The maximum absolute atomic E-state index is 10.2. The van der Waals surface area contributed by atoms with Gasteiger partial charge in [0.2, 0.25) is 10.3 Å². The van der Waals surface area contributed by atoms with Gasteiger partial charge in [-0.25, -0.2) is 0 Å². The number of hydrogen-bond acceptors (Lipinski definition) is 2.